The van der Waals surface area contributed by atoms with Gasteiger partial charge in [0.05, 0.1) is 30.1 Å². The van der Waals surface area contributed by atoms with Gasteiger partial charge in [-0.25, -0.2) is 4.99 Å². The lowest BCUT2D eigenvalue weighted by atomic mass is 9.86. The van der Waals surface area contributed by atoms with Gasteiger partial charge in [-0.2, -0.15) is 0 Å². The number of aliphatic imine (C=N–C) groups is 1. The molecule has 9 nitrogen and oxygen atoms in total. The molecule has 4 N–H and O–H groups in total. The first-order chi connectivity index (χ1) is 18.5. The Morgan fingerprint density at radius 1 is 1.15 bits per heavy atom. The molecule has 0 fully saturated rings. The van der Waals surface area contributed by atoms with Crippen molar-refractivity contribution in [3.63, 3.8) is 0 Å². The minimum Gasteiger partial charge on any atom is -0.490 e. The molecule has 9 heteroatoms. The second-order valence-corrected chi connectivity index (χ2v) is 11.4. The van der Waals surface area contributed by atoms with E-state index in [2.05, 4.69) is 5.32 Å². The second kappa shape index (κ2) is 9.86. The predicted molar refractivity (Wildman–Crippen MR) is 148 cm³/mol. The Morgan fingerprint density at radius 2 is 1.87 bits per heavy atom. The highest BCUT2D eigenvalue weighted by molar-refractivity contribution is 6.00. The lowest BCUT2D eigenvalue weighted by Gasteiger charge is -2.43. The van der Waals surface area contributed by atoms with Gasteiger partial charge in [-0.1, -0.05) is 32.0 Å². The molecule has 4 atom stereocenters. The summed E-state index contributed by atoms with van der Waals surface area (Å²) in [6, 6.07) is 11.5. The first kappa shape index (κ1) is 27.0. The van der Waals surface area contributed by atoms with Crippen molar-refractivity contribution < 1.29 is 24.2 Å². The predicted octanol–water partition coefficient (Wildman–Crippen LogP) is 4.01. The number of nitrogens with one attached hydrogen (secondary N) is 1. The zero-order valence-electron chi connectivity index (χ0n) is 23.2. The number of carbonyl (C=O) groups excluding carboxylic acids is 2. The van der Waals surface area contributed by atoms with E-state index in [0.29, 0.717) is 41.0 Å². The van der Waals surface area contributed by atoms with Gasteiger partial charge in [-0.05, 0) is 57.9 Å². The number of aliphatic hydroxyl groups excluding tert-OH is 1. The molecule has 3 aliphatic rings. The number of carbonyl (C=O) groups is 2. The highest BCUT2D eigenvalue weighted by atomic mass is 16.5. The number of hydrogen-bond acceptors (Lipinski definition) is 7. The van der Waals surface area contributed by atoms with E-state index in [1.165, 1.54) is 0 Å². The number of hydrogen-bond donors (Lipinski definition) is 3. The number of ether oxygens (including phenoxy) is 2. The van der Waals surface area contributed by atoms with E-state index >= 15 is 0 Å². The summed E-state index contributed by atoms with van der Waals surface area (Å²) >= 11 is 0. The van der Waals surface area contributed by atoms with Crippen molar-refractivity contribution in [3.05, 3.63) is 59.2 Å². The van der Waals surface area contributed by atoms with Gasteiger partial charge in [0.25, 0.3) is 5.91 Å². The largest absolute Gasteiger partial charge is 0.490 e. The maximum absolute atomic E-state index is 13.6. The van der Waals surface area contributed by atoms with Gasteiger partial charge in [-0.15, -0.1) is 0 Å². The molecule has 2 amide bonds. The Bertz CT molecular complexity index is 1320. The lowest BCUT2D eigenvalue weighted by molar-refractivity contribution is -0.132. The molecule has 2 aromatic carbocycles. The third-order valence-electron chi connectivity index (χ3n) is 8.43. The zero-order valence-corrected chi connectivity index (χ0v) is 23.2. The van der Waals surface area contributed by atoms with E-state index in [4.69, 9.17) is 20.2 Å². The van der Waals surface area contributed by atoms with Crippen LogP contribution in [0, 0.1) is 0 Å². The van der Waals surface area contributed by atoms with Crippen LogP contribution in [0.4, 0.5) is 0 Å². The molecule has 0 aliphatic carbocycles. The van der Waals surface area contributed by atoms with Crippen LogP contribution in [-0.2, 0) is 4.79 Å². The van der Waals surface area contributed by atoms with E-state index < -0.39 is 29.3 Å². The van der Waals surface area contributed by atoms with Crippen LogP contribution >= 0.6 is 0 Å². The Hall–Kier alpha value is -3.59. The van der Waals surface area contributed by atoms with E-state index in [9.17, 15) is 14.7 Å². The molecule has 208 valence electrons. The standard InChI is InChI=1S/C30H38N4O5/c1-6-30(7-2)16-24(35)34(28(31)33-30)21-14-17(3)38-22-13-12-18(15-20(21)22)27(37)32-25-19-10-8-9-11-23(19)39-29(4,5)26(25)36/h8-13,15,17,21,25-26,36H,6-7,14,16H2,1-5H3,(H2,31,33)(H,32,37)/t17-,21-,25?,26+/m1/s1. The molecule has 0 spiro atoms. The molecule has 3 aliphatic heterocycles. The molecule has 0 radical (unpaired) electrons. The average molecular weight is 535 g/mol. The molecular formula is C30H38N4O5. The number of aliphatic hydroxyl groups is 1. The maximum atomic E-state index is 13.6. The lowest BCUT2D eigenvalue weighted by Crippen LogP contribution is -2.54. The SMILES string of the molecule is CCC1(CC)CC(=O)N([C@@H]2C[C@@H](C)Oc3ccc(C(=O)NC4c5ccccc5OC(C)(C)[C@H]4O)cc32)C(N)=N1. The van der Waals surface area contributed by atoms with Crippen molar-refractivity contribution >= 4 is 17.8 Å². The Labute approximate surface area is 229 Å². The molecule has 0 bridgehead atoms. The monoisotopic (exact) mass is 534 g/mol. The van der Waals surface area contributed by atoms with Gasteiger partial charge >= 0.3 is 0 Å². The molecular weight excluding hydrogens is 496 g/mol. The fourth-order valence-corrected chi connectivity index (χ4v) is 5.96. The van der Waals surface area contributed by atoms with Crippen LogP contribution in [0.2, 0.25) is 0 Å². The third-order valence-corrected chi connectivity index (χ3v) is 8.43. The third kappa shape index (κ3) is 4.73. The number of benzene rings is 2. The number of nitrogens with zero attached hydrogens (tertiary/aromatic N) is 2. The first-order valence-electron chi connectivity index (χ1n) is 13.7. The topological polar surface area (TPSA) is 126 Å². The summed E-state index contributed by atoms with van der Waals surface area (Å²) in [5.74, 6) is 1.01. The van der Waals surface area contributed by atoms with Crippen LogP contribution in [0.15, 0.2) is 47.5 Å². The minimum atomic E-state index is -0.967. The van der Waals surface area contributed by atoms with Gasteiger partial charge in [0, 0.05) is 23.1 Å². The molecule has 1 unspecified atom stereocenters. The van der Waals surface area contributed by atoms with Crippen LogP contribution in [0.1, 0.15) is 93.9 Å². The van der Waals surface area contributed by atoms with E-state index in [1.807, 2.05) is 45.0 Å². The molecule has 0 saturated carbocycles. The fraction of sp³-hybridized carbons (Fsp3) is 0.500. The highest BCUT2D eigenvalue weighted by Crippen LogP contribution is 2.43. The van der Waals surface area contributed by atoms with Gasteiger partial charge in [0.15, 0.2) is 5.96 Å². The smallest absolute Gasteiger partial charge is 0.251 e. The van der Waals surface area contributed by atoms with Crippen LogP contribution in [0.3, 0.4) is 0 Å². The average Bonchev–Trinajstić information content (AvgIpc) is 2.90. The highest BCUT2D eigenvalue weighted by Gasteiger charge is 2.45. The molecule has 39 heavy (non-hydrogen) atoms. The summed E-state index contributed by atoms with van der Waals surface area (Å²) in [6.45, 7) is 9.58. The second-order valence-electron chi connectivity index (χ2n) is 11.4. The van der Waals surface area contributed by atoms with E-state index in [-0.39, 0.29) is 23.9 Å². The van der Waals surface area contributed by atoms with Crippen molar-refractivity contribution in [2.45, 2.75) is 95.7 Å². The molecule has 5 rings (SSSR count). The van der Waals surface area contributed by atoms with Gasteiger partial charge in [0.1, 0.15) is 23.2 Å². The summed E-state index contributed by atoms with van der Waals surface area (Å²) in [6.07, 6.45) is 1.15. The molecule has 3 heterocycles. The van der Waals surface area contributed by atoms with Crippen molar-refractivity contribution in [1.29, 1.82) is 0 Å². The van der Waals surface area contributed by atoms with Crippen molar-refractivity contribution in [2.75, 3.05) is 0 Å². The van der Waals surface area contributed by atoms with Crippen molar-refractivity contribution in [2.24, 2.45) is 10.7 Å². The Balaban J connectivity index is 1.47. The van der Waals surface area contributed by atoms with Crippen LogP contribution in [0.25, 0.3) is 0 Å². The van der Waals surface area contributed by atoms with Crippen LogP contribution in [-0.4, -0.2) is 51.1 Å². The first-order valence-corrected chi connectivity index (χ1v) is 13.7. The summed E-state index contributed by atoms with van der Waals surface area (Å²) in [4.78, 5) is 33.4. The Morgan fingerprint density at radius 3 is 2.56 bits per heavy atom. The number of guanidine groups is 1. The van der Waals surface area contributed by atoms with Gasteiger partial charge in [0.2, 0.25) is 5.91 Å². The summed E-state index contributed by atoms with van der Waals surface area (Å²) in [5.41, 5.74) is 6.87. The zero-order chi connectivity index (χ0) is 28.1. The number of amides is 2. The summed E-state index contributed by atoms with van der Waals surface area (Å²) < 4.78 is 12.1. The minimum absolute atomic E-state index is 0.0738. The molecule has 2 aromatic rings. The van der Waals surface area contributed by atoms with Gasteiger partial charge in [-0.3, -0.25) is 14.5 Å². The van der Waals surface area contributed by atoms with E-state index in [1.54, 1.807) is 36.9 Å². The maximum Gasteiger partial charge on any atom is 0.251 e. The van der Waals surface area contributed by atoms with Crippen LogP contribution < -0.4 is 20.5 Å². The number of para-hydroxylation sites is 1. The summed E-state index contributed by atoms with van der Waals surface area (Å²) in [7, 11) is 0. The van der Waals surface area contributed by atoms with E-state index in [0.717, 1.165) is 12.8 Å². The molecule has 0 saturated heterocycles. The summed E-state index contributed by atoms with van der Waals surface area (Å²) in [5, 5.41) is 14.1. The van der Waals surface area contributed by atoms with Crippen LogP contribution in [0.5, 0.6) is 11.5 Å². The number of fused-ring (bicyclic) bond motifs is 2. The quantitative estimate of drug-likeness (QED) is 0.532. The number of nitrogens with two attached hydrogens (primary N) is 1. The normalized spacial score (nSPS) is 26.9. The fourth-order valence-electron chi connectivity index (χ4n) is 5.96. The molecule has 0 aromatic heterocycles. The Kier molecular flexibility index (Phi) is 6.83. The van der Waals surface area contributed by atoms with Gasteiger partial charge < -0.3 is 25.6 Å². The van der Waals surface area contributed by atoms with Crippen molar-refractivity contribution in [3.8, 4) is 11.5 Å². The van der Waals surface area contributed by atoms with Crippen molar-refractivity contribution in [1.82, 2.24) is 10.2 Å². The number of rotatable bonds is 5.